The van der Waals surface area contributed by atoms with Gasteiger partial charge in [-0.3, -0.25) is 9.55 Å². The Morgan fingerprint density at radius 2 is 1.78 bits per heavy atom. The zero-order valence-corrected chi connectivity index (χ0v) is 19.5. The molecule has 10 nitrogen and oxygen atoms in total. The molecule has 0 spiro atoms. The van der Waals surface area contributed by atoms with Crippen molar-refractivity contribution in [3.8, 4) is 11.6 Å². The summed E-state index contributed by atoms with van der Waals surface area (Å²) in [5.74, 6) is -0.212. The minimum atomic E-state index is -1.30. The molecule has 36 heavy (non-hydrogen) atoms. The van der Waals surface area contributed by atoms with Crippen molar-refractivity contribution >= 4 is 17.3 Å². The minimum absolute atomic E-state index is 0.0323. The van der Waals surface area contributed by atoms with E-state index in [1.54, 1.807) is 48.5 Å². The van der Waals surface area contributed by atoms with Crippen LogP contribution in [0.25, 0.3) is 0 Å². The number of nitrogens with zero attached hydrogens (tertiary/aromatic N) is 4. The molecule has 0 bridgehead atoms. The van der Waals surface area contributed by atoms with Gasteiger partial charge in [-0.2, -0.15) is 9.37 Å². The molecule has 4 aromatic rings. The van der Waals surface area contributed by atoms with Crippen molar-refractivity contribution in [2.45, 2.75) is 19.2 Å². The summed E-state index contributed by atoms with van der Waals surface area (Å²) in [6.07, 6.45) is -1.30. The molecule has 0 amide bonds. The van der Waals surface area contributed by atoms with E-state index >= 15 is 0 Å². The lowest BCUT2D eigenvalue weighted by Crippen LogP contribution is -2.51. The van der Waals surface area contributed by atoms with Crippen LogP contribution in [0.2, 0.25) is 5.02 Å². The molecule has 4 rings (SSSR count). The number of ether oxygens (including phenoxy) is 1. The number of pyridine rings is 1. The number of H-pyrrole nitrogens is 1. The lowest BCUT2D eigenvalue weighted by atomic mass is 10.2. The summed E-state index contributed by atoms with van der Waals surface area (Å²) in [6, 6.07) is 17.3. The van der Waals surface area contributed by atoms with Crippen molar-refractivity contribution in [3.63, 3.8) is 0 Å². The summed E-state index contributed by atoms with van der Waals surface area (Å²) in [4.78, 5) is 36.4. The first kappa shape index (κ1) is 25.0. The molecule has 0 radical (unpaired) electrons. The van der Waals surface area contributed by atoms with Gasteiger partial charge in [0.25, 0.3) is 0 Å². The maximum Gasteiger partial charge on any atom is 0.335 e. The van der Waals surface area contributed by atoms with E-state index in [-0.39, 0.29) is 18.0 Å². The molecule has 0 saturated carbocycles. The monoisotopic (exact) mass is 513 g/mol. The van der Waals surface area contributed by atoms with Crippen molar-refractivity contribution in [1.29, 1.82) is 0 Å². The highest BCUT2D eigenvalue weighted by atomic mass is 35.5. The van der Waals surface area contributed by atoms with Gasteiger partial charge < -0.3 is 14.9 Å². The standard InChI is InChI=1S/C24H21ClFN5O5/c25-16-6-4-15(5-7-16)12-30-22(29-23(34)31(24(30)35)13-18(33)14-32)27-17-8-10-19(11-9-17)36-21-3-1-2-20(26)28-21/h1-11,18,32-33H,12-14H2,(H,27,29,34)/t18-/m1/s1. The minimum Gasteiger partial charge on any atom is -0.439 e. The second kappa shape index (κ2) is 11.1. The lowest BCUT2D eigenvalue weighted by molar-refractivity contribution is 0.0783. The van der Waals surface area contributed by atoms with E-state index in [0.29, 0.717) is 22.0 Å². The Hall–Kier alpha value is -4.06. The van der Waals surface area contributed by atoms with Gasteiger partial charge in [0.15, 0.2) is 0 Å². The summed E-state index contributed by atoms with van der Waals surface area (Å²) in [6.45, 7) is -0.965. The van der Waals surface area contributed by atoms with Crippen molar-refractivity contribution in [2.75, 3.05) is 6.61 Å². The fourth-order valence-corrected chi connectivity index (χ4v) is 3.39. The molecular weight excluding hydrogens is 493 g/mol. The third-order valence-corrected chi connectivity index (χ3v) is 5.28. The molecule has 0 fully saturated rings. The van der Waals surface area contributed by atoms with E-state index in [2.05, 4.69) is 15.0 Å². The molecular formula is C24H21ClFN5O5. The largest absolute Gasteiger partial charge is 0.439 e. The van der Waals surface area contributed by atoms with Gasteiger partial charge in [0, 0.05) is 11.1 Å². The van der Waals surface area contributed by atoms with Gasteiger partial charge in [-0.05, 0) is 48.0 Å². The lowest BCUT2D eigenvalue weighted by Gasteiger charge is -2.13. The SMILES string of the molecule is O=c1[nH]/c(=N\c2ccc(Oc3cccc(F)n3)cc2)n(Cc2ccc(Cl)cc2)c(=O)n1C[C@@H](O)CO. The van der Waals surface area contributed by atoms with Crippen LogP contribution in [0.5, 0.6) is 11.6 Å². The number of benzene rings is 2. The summed E-state index contributed by atoms with van der Waals surface area (Å²) >= 11 is 5.95. The molecule has 2 aromatic heterocycles. The normalized spacial score (nSPS) is 12.5. The zero-order valence-electron chi connectivity index (χ0n) is 18.7. The number of aliphatic hydroxyl groups is 2. The number of aromatic amines is 1. The van der Waals surface area contributed by atoms with E-state index in [1.165, 1.54) is 22.8 Å². The summed E-state index contributed by atoms with van der Waals surface area (Å²) in [5, 5.41) is 19.4. The topological polar surface area (TPSA) is 135 Å². The van der Waals surface area contributed by atoms with Crippen LogP contribution in [0.3, 0.4) is 0 Å². The Kier molecular flexibility index (Phi) is 7.74. The second-order valence-electron chi connectivity index (χ2n) is 7.70. The van der Waals surface area contributed by atoms with Crippen molar-refractivity contribution in [1.82, 2.24) is 19.1 Å². The molecule has 1 atom stereocenters. The van der Waals surface area contributed by atoms with Crippen molar-refractivity contribution in [2.24, 2.45) is 4.99 Å². The van der Waals surface area contributed by atoms with E-state index in [1.807, 2.05) is 0 Å². The molecule has 2 aromatic carbocycles. The van der Waals surface area contributed by atoms with Crippen LogP contribution in [-0.4, -0.2) is 42.0 Å². The molecule has 0 saturated heterocycles. The third kappa shape index (κ3) is 6.13. The molecule has 0 aliphatic rings. The summed E-state index contributed by atoms with van der Waals surface area (Å²) < 4.78 is 20.8. The van der Waals surface area contributed by atoms with Crippen molar-refractivity contribution < 1.29 is 19.3 Å². The molecule has 0 unspecified atom stereocenters. The van der Waals surface area contributed by atoms with Gasteiger partial charge in [0.1, 0.15) is 5.75 Å². The van der Waals surface area contributed by atoms with Gasteiger partial charge in [0.2, 0.25) is 17.4 Å². The molecule has 2 heterocycles. The van der Waals surface area contributed by atoms with Gasteiger partial charge in [-0.1, -0.05) is 29.8 Å². The number of aliphatic hydroxyl groups excluding tert-OH is 2. The van der Waals surface area contributed by atoms with E-state index in [0.717, 1.165) is 4.57 Å². The van der Waals surface area contributed by atoms with Gasteiger partial charge in [-0.25, -0.2) is 19.1 Å². The molecule has 186 valence electrons. The van der Waals surface area contributed by atoms with E-state index < -0.39 is 36.6 Å². The number of rotatable bonds is 8. The Bertz CT molecular complexity index is 1530. The van der Waals surface area contributed by atoms with E-state index in [4.69, 9.17) is 21.4 Å². The number of hydrogen-bond donors (Lipinski definition) is 3. The summed E-state index contributed by atoms with van der Waals surface area (Å²) in [7, 11) is 0. The molecule has 0 aliphatic carbocycles. The Morgan fingerprint density at radius 1 is 1.06 bits per heavy atom. The van der Waals surface area contributed by atoms with E-state index in [9.17, 15) is 19.1 Å². The predicted octanol–water partition coefficient (Wildman–Crippen LogP) is 1.95. The quantitative estimate of drug-likeness (QED) is 0.308. The maximum absolute atomic E-state index is 13.3. The Labute approximate surface area is 208 Å². The average molecular weight is 514 g/mol. The Balaban J connectivity index is 1.73. The van der Waals surface area contributed by atoms with Crippen LogP contribution in [0.1, 0.15) is 5.56 Å². The average Bonchev–Trinajstić information content (AvgIpc) is 2.86. The summed E-state index contributed by atoms with van der Waals surface area (Å²) in [5.41, 5.74) is -0.448. The highest BCUT2D eigenvalue weighted by Gasteiger charge is 2.13. The first-order valence-electron chi connectivity index (χ1n) is 10.7. The number of nitrogens with one attached hydrogen (secondary N) is 1. The fraction of sp³-hybridized carbons (Fsp3) is 0.167. The predicted molar refractivity (Wildman–Crippen MR) is 129 cm³/mol. The van der Waals surface area contributed by atoms with Crippen LogP contribution in [0.15, 0.2) is 81.3 Å². The van der Waals surface area contributed by atoms with Crippen LogP contribution in [-0.2, 0) is 13.1 Å². The first-order valence-corrected chi connectivity index (χ1v) is 11.1. The fourth-order valence-electron chi connectivity index (χ4n) is 3.26. The first-order chi connectivity index (χ1) is 17.3. The van der Waals surface area contributed by atoms with Crippen molar-refractivity contribution in [3.05, 3.63) is 110 Å². The highest BCUT2D eigenvalue weighted by molar-refractivity contribution is 6.30. The van der Waals surface area contributed by atoms with Gasteiger partial charge in [-0.15, -0.1) is 0 Å². The molecule has 0 aliphatic heterocycles. The number of aromatic nitrogens is 4. The number of halogens is 2. The number of hydrogen-bond acceptors (Lipinski definition) is 7. The second-order valence-corrected chi connectivity index (χ2v) is 8.14. The van der Waals surface area contributed by atoms with Crippen LogP contribution in [0, 0.1) is 5.95 Å². The highest BCUT2D eigenvalue weighted by Crippen LogP contribution is 2.22. The smallest absolute Gasteiger partial charge is 0.335 e. The Morgan fingerprint density at radius 3 is 2.44 bits per heavy atom. The molecule has 12 heteroatoms. The van der Waals surface area contributed by atoms with Gasteiger partial charge >= 0.3 is 11.4 Å². The maximum atomic E-state index is 13.3. The van der Waals surface area contributed by atoms with Crippen LogP contribution >= 0.6 is 11.6 Å². The van der Waals surface area contributed by atoms with Crippen LogP contribution < -0.4 is 21.7 Å². The van der Waals surface area contributed by atoms with Gasteiger partial charge in [0.05, 0.1) is 31.5 Å². The van der Waals surface area contributed by atoms with Crippen LogP contribution in [0.4, 0.5) is 10.1 Å². The third-order valence-electron chi connectivity index (χ3n) is 5.02. The molecule has 3 N–H and O–H groups in total. The zero-order chi connectivity index (χ0) is 25.7.